The number of hydrogen-bond acceptors (Lipinski definition) is 4. The maximum Gasteiger partial charge on any atom is 0.0955 e. The summed E-state index contributed by atoms with van der Waals surface area (Å²) in [4.78, 5) is 22.5. The first-order valence-corrected chi connectivity index (χ1v) is 10.5. The van der Waals surface area contributed by atoms with Crippen LogP contribution in [0.4, 0.5) is 0 Å². The molecule has 3 aliphatic rings. The summed E-state index contributed by atoms with van der Waals surface area (Å²) in [5, 5.41) is 0. The van der Waals surface area contributed by atoms with E-state index >= 15 is 0 Å². The topological polar surface area (TPSA) is 36.9 Å². The van der Waals surface area contributed by atoms with Crippen molar-refractivity contribution in [2.24, 2.45) is 11.8 Å². The van der Waals surface area contributed by atoms with Crippen molar-refractivity contribution in [2.45, 2.75) is 102 Å². The molecule has 0 aromatic rings. The predicted molar refractivity (Wildman–Crippen MR) is 93.3 cm³/mol. The molecule has 2 atom stereocenters. The van der Waals surface area contributed by atoms with Gasteiger partial charge >= 0.3 is 0 Å². The molecule has 0 aromatic carbocycles. The van der Waals surface area contributed by atoms with Crippen LogP contribution in [-0.2, 0) is 19.6 Å². The predicted octanol–water partition coefficient (Wildman–Crippen LogP) is 5.35. The van der Waals surface area contributed by atoms with E-state index in [1.54, 1.807) is 0 Å². The molecule has 2 unspecified atom stereocenters. The summed E-state index contributed by atoms with van der Waals surface area (Å²) in [7, 11) is 0. The Labute approximate surface area is 147 Å². The zero-order valence-electron chi connectivity index (χ0n) is 15.3. The molecule has 0 bridgehead atoms. The molecule has 3 fully saturated rings. The van der Waals surface area contributed by atoms with E-state index in [1.165, 1.54) is 64.2 Å². The summed E-state index contributed by atoms with van der Waals surface area (Å²) >= 11 is 0. The van der Waals surface area contributed by atoms with Gasteiger partial charge in [0, 0.05) is 6.42 Å². The van der Waals surface area contributed by atoms with E-state index < -0.39 is 0 Å². The highest BCUT2D eigenvalue weighted by molar-refractivity contribution is 4.72. The van der Waals surface area contributed by atoms with Crippen LogP contribution < -0.4 is 0 Å². The first-order valence-electron chi connectivity index (χ1n) is 10.5. The summed E-state index contributed by atoms with van der Waals surface area (Å²) in [6.07, 6.45) is 17.9. The van der Waals surface area contributed by atoms with E-state index in [1.807, 2.05) is 0 Å². The van der Waals surface area contributed by atoms with Crippen LogP contribution in [0.3, 0.4) is 0 Å². The molecule has 0 heterocycles. The van der Waals surface area contributed by atoms with Crippen LogP contribution in [0, 0.1) is 11.8 Å². The molecule has 24 heavy (non-hydrogen) atoms. The molecule has 3 saturated carbocycles. The third kappa shape index (κ3) is 6.62. The van der Waals surface area contributed by atoms with Crippen LogP contribution in [0.25, 0.3) is 0 Å². The molecule has 0 aliphatic heterocycles. The van der Waals surface area contributed by atoms with Crippen molar-refractivity contribution < 1.29 is 19.6 Å². The van der Waals surface area contributed by atoms with Gasteiger partial charge in [0.2, 0.25) is 0 Å². The summed E-state index contributed by atoms with van der Waals surface area (Å²) in [5.41, 5.74) is 0. The molecular weight excluding hydrogens is 304 g/mol. The fraction of sp³-hybridized carbons (Fsp3) is 1.00. The minimum absolute atomic E-state index is 0.172. The van der Waals surface area contributed by atoms with Crippen molar-refractivity contribution in [3.05, 3.63) is 0 Å². The average Bonchev–Trinajstić information content (AvgIpc) is 2.64. The average molecular weight is 341 g/mol. The molecule has 4 nitrogen and oxygen atoms in total. The molecule has 0 N–H and O–H groups in total. The van der Waals surface area contributed by atoms with Gasteiger partial charge in [-0.1, -0.05) is 38.5 Å². The molecule has 0 amide bonds. The highest BCUT2D eigenvalue weighted by Gasteiger charge is 2.26. The summed E-state index contributed by atoms with van der Waals surface area (Å²) in [5.74, 6) is 1.40. The molecule has 0 spiro atoms. The van der Waals surface area contributed by atoms with Crippen molar-refractivity contribution in [2.75, 3.05) is 13.2 Å². The van der Waals surface area contributed by atoms with Gasteiger partial charge in [-0.25, -0.2) is 19.6 Å². The van der Waals surface area contributed by atoms with Crippen LogP contribution in [0.1, 0.15) is 89.9 Å². The number of rotatable bonds is 8. The van der Waals surface area contributed by atoms with E-state index in [4.69, 9.17) is 19.6 Å². The standard InChI is InChI=1S/C20H36O4/c1-3-8-17(9-4-1)15-21-23-19-12-7-13-20(14-19)24-22-16-18-10-5-2-6-11-18/h17-20H,1-16H2. The Hall–Kier alpha value is -0.160. The molecule has 3 aliphatic carbocycles. The summed E-state index contributed by atoms with van der Waals surface area (Å²) in [6.45, 7) is 1.53. The van der Waals surface area contributed by atoms with E-state index in [9.17, 15) is 0 Å². The third-order valence-corrected chi connectivity index (χ3v) is 6.04. The van der Waals surface area contributed by atoms with Gasteiger partial charge in [0.15, 0.2) is 0 Å². The van der Waals surface area contributed by atoms with Crippen molar-refractivity contribution >= 4 is 0 Å². The lowest BCUT2D eigenvalue weighted by molar-refractivity contribution is -0.366. The Morgan fingerprint density at radius 2 is 0.958 bits per heavy atom. The molecule has 0 aromatic heterocycles. The second kappa shape index (κ2) is 10.7. The van der Waals surface area contributed by atoms with E-state index in [-0.39, 0.29) is 12.2 Å². The Morgan fingerprint density at radius 3 is 1.42 bits per heavy atom. The fourth-order valence-corrected chi connectivity index (χ4v) is 4.45. The smallest absolute Gasteiger partial charge is 0.0955 e. The van der Waals surface area contributed by atoms with Crippen molar-refractivity contribution in [1.82, 2.24) is 0 Å². The molecule has 140 valence electrons. The first kappa shape index (κ1) is 18.6. The minimum Gasteiger partial charge on any atom is -0.236 e. The minimum atomic E-state index is 0.172. The Morgan fingerprint density at radius 1 is 0.500 bits per heavy atom. The van der Waals surface area contributed by atoms with Gasteiger partial charge in [-0.2, -0.15) is 0 Å². The maximum atomic E-state index is 5.68. The van der Waals surface area contributed by atoms with E-state index in [0.717, 1.165) is 38.9 Å². The maximum absolute atomic E-state index is 5.68. The molecule has 0 saturated heterocycles. The van der Waals surface area contributed by atoms with Crippen LogP contribution in [0.15, 0.2) is 0 Å². The SMILES string of the molecule is C1CCC(COOC2CCCC(OOCC3CCCCC3)C2)CC1. The summed E-state index contributed by atoms with van der Waals surface area (Å²) in [6, 6.07) is 0. The van der Waals surface area contributed by atoms with Gasteiger partial charge in [0.05, 0.1) is 25.4 Å². The lowest BCUT2D eigenvalue weighted by atomic mass is 9.90. The lowest BCUT2D eigenvalue weighted by Gasteiger charge is -2.29. The van der Waals surface area contributed by atoms with Crippen molar-refractivity contribution in [3.63, 3.8) is 0 Å². The fourth-order valence-electron chi connectivity index (χ4n) is 4.45. The lowest BCUT2D eigenvalue weighted by Crippen LogP contribution is -2.29. The zero-order chi connectivity index (χ0) is 16.5. The van der Waals surface area contributed by atoms with E-state index in [2.05, 4.69) is 0 Å². The highest BCUT2D eigenvalue weighted by atomic mass is 17.2. The van der Waals surface area contributed by atoms with Gasteiger partial charge < -0.3 is 0 Å². The van der Waals surface area contributed by atoms with Crippen molar-refractivity contribution in [1.29, 1.82) is 0 Å². The van der Waals surface area contributed by atoms with Crippen LogP contribution in [0.2, 0.25) is 0 Å². The zero-order valence-corrected chi connectivity index (χ0v) is 15.3. The molecule has 3 rings (SSSR count). The van der Waals surface area contributed by atoms with Gasteiger partial charge in [-0.15, -0.1) is 0 Å². The Kier molecular flexibility index (Phi) is 8.34. The second-order valence-corrected chi connectivity index (χ2v) is 8.18. The largest absolute Gasteiger partial charge is 0.236 e. The normalized spacial score (nSPS) is 30.5. The van der Waals surface area contributed by atoms with Gasteiger partial charge in [-0.3, -0.25) is 0 Å². The monoisotopic (exact) mass is 340 g/mol. The van der Waals surface area contributed by atoms with Crippen molar-refractivity contribution in [3.8, 4) is 0 Å². The molecular formula is C20H36O4. The van der Waals surface area contributed by atoms with Gasteiger partial charge in [0.1, 0.15) is 0 Å². The Bertz CT molecular complexity index is 294. The Balaban J connectivity index is 1.25. The summed E-state index contributed by atoms with van der Waals surface area (Å²) < 4.78 is 0. The van der Waals surface area contributed by atoms with Crippen LogP contribution in [-0.4, -0.2) is 25.4 Å². The molecule has 4 heteroatoms. The number of hydrogen-bond donors (Lipinski definition) is 0. The first-order chi connectivity index (χ1) is 11.9. The van der Waals surface area contributed by atoms with Gasteiger partial charge in [-0.05, 0) is 56.8 Å². The highest BCUT2D eigenvalue weighted by Crippen LogP contribution is 2.28. The quantitative estimate of drug-likeness (QED) is 0.440. The second-order valence-electron chi connectivity index (χ2n) is 8.18. The van der Waals surface area contributed by atoms with E-state index in [0.29, 0.717) is 11.8 Å². The molecule has 0 radical (unpaired) electrons. The van der Waals surface area contributed by atoms with Crippen LogP contribution in [0.5, 0.6) is 0 Å². The van der Waals surface area contributed by atoms with Gasteiger partial charge in [0.25, 0.3) is 0 Å². The third-order valence-electron chi connectivity index (χ3n) is 6.04. The van der Waals surface area contributed by atoms with Crippen LogP contribution >= 0.6 is 0 Å².